The van der Waals surface area contributed by atoms with Crippen LogP contribution in [0.5, 0.6) is 5.75 Å². The van der Waals surface area contributed by atoms with E-state index in [0.717, 1.165) is 29.1 Å². The maximum absolute atomic E-state index is 13.3. The zero-order valence-corrected chi connectivity index (χ0v) is 18.9. The van der Waals surface area contributed by atoms with Gasteiger partial charge in [-0.25, -0.2) is 0 Å². The predicted molar refractivity (Wildman–Crippen MR) is 129 cm³/mol. The molecule has 162 valence electrons. The molecule has 1 aliphatic rings. The second-order valence-electron chi connectivity index (χ2n) is 7.41. The molecular weight excluding hydrogens is 422 g/mol. The number of aromatic nitrogens is 1. The van der Waals surface area contributed by atoms with Gasteiger partial charge in [0.25, 0.3) is 11.8 Å². The van der Waals surface area contributed by atoms with Crippen LogP contribution in [-0.2, 0) is 16.0 Å². The number of hydrogen-bond donors (Lipinski definition) is 1. The molecule has 0 radical (unpaired) electrons. The van der Waals surface area contributed by atoms with E-state index in [0.29, 0.717) is 11.4 Å². The molecule has 4 rings (SSSR count). The Kier molecular flexibility index (Phi) is 5.92. The Balaban J connectivity index is 1.74. The van der Waals surface area contributed by atoms with Gasteiger partial charge < -0.3 is 9.30 Å². The minimum atomic E-state index is -0.512. The normalized spacial score (nSPS) is 15.3. The van der Waals surface area contributed by atoms with Crippen molar-refractivity contribution in [3.05, 3.63) is 83.2 Å². The van der Waals surface area contributed by atoms with Crippen LogP contribution >= 0.6 is 12.2 Å². The molecule has 0 unspecified atom stereocenters. The lowest BCUT2D eigenvalue weighted by Gasteiger charge is -2.29. The summed E-state index contributed by atoms with van der Waals surface area (Å²) in [6, 6.07) is 19.0. The maximum atomic E-state index is 13.3. The number of nitrogens with zero attached hydrogens (tertiary/aromatic N) is 2. The Morgan fingerprint density at radius 2 is 1.62 bits per heavy atom. The molecule has 1 fully saturated rings. The topological polar surface area (TPSA) is 63.6 Å². The van der Waals surface area contributed by atoms with Gasteiger partial charge in [-0.3, -0.25) is 19.8 Å². The smallest absolute Gasteiger partial charge is 0.270 e. The monoisotopic (exact) mass is 445 g/mol. The molecule has 1 N–H and O–H groups in total. The van der Waals surface area contributed by atoms with E-state index in [1.807, 2.05) is 72.2 Å². The number of nitrogens with one attached hydrogen (secondary N) is 1. The van der Waals surface area contributed by atoms with Gasteiger partial charge in [0.15, 0.2) is 5.11 Å². The summed E-state index contributed by atoms with van der Waals surface area (Å²) < 4.78 is 7.21. The van der Waals surface area contributed by atoms with Crippen LogP contribution in [0.4, 0.5) is 5.69 Å². The molecule has 7 heteroatoms. The Morgan fingerprint density at radius 1 is 0.969 bits per heavy atom. The Morgan fingerprint density at radius 3 is 2.25 bits per heavy atom. The molecule has 0 aliphatic carbocycles. The summed E-state index contributed by atoms with van der Waals surface area (Å²) >= 11 is 5.30. The van der Waals surface area contributed by atoms with Crippen molar-refractivity contribution in [1.29, 1.82) is 0 Å². The van der Waals surface area contributed by atoms with Crippen LogP contribution < -0.4 is 15.0 Å². The Labute approximate surface area is 192 Å². The van der Waals surface area contributed by atoms with Gasteiger partial charge in [-0.15, -0.1) is 0 Å². The third-order valence-corrected chi connectivity index (χ3v) is 5.72. The highest BCUT2D eigenvalue weighted by atomic mass is 32.1. The summed E-state index contributed by atoms with van der Waals surface area (Å²) in [6.45, 7) is 4.03. The third-order valence-electron chi connectivity index (χ3n) is 5.43. The highest BCUT2D eigenvalue weighted by molar-refractivity contribution is 7.80. The van der Waals surface area contributed by atoms with Crippen molar-refractivity contribution in [2.45, 2.75) is 20.3 Å². The number of hydrogen-bond acceptors (Lipinski definition) is 4. The van der Waals surface area contributed by atoms with Gasteiger partial charge in [-0.2, -0.15) is 0 Å². The molecule has 2 aromatic carbocycles. The molecule has 2 heterocycles. The molecule has 0 bridgehead atoms. The van der Waals surface area contributed by atoms with Gasteiger partial charge in [-0.1, -0.05) is 19.1 Å². The van der Waals surface area contributed by atoms with Crippen molar-refractivity contribution in [3.8, 4) is 11.4 Å². The highest BCUT2D eigenvalue weighted by Crippen LogP contribution is 2.25. The molecule has 6 nitrogen and oxygen atoms in total. The van der Waals surface area contributed by atoms with E-state index in [2.05, 4.69) is 12.2 Å². The number of carbonyl (C=O) groups excluding carboxylic acids is 2. The summed E-state index contributed by atoms with van der Waals surface area (Å²) in [5, 5.41) is 2.71. The zero-order chi connectivity index (χ0) is 22.8. The largest absolute Gasteiger partial charge is 0.497 e. The number of rotatable bonds is 5. The third kappa shape index (κ3) is 3.94. The average molecular weight is 446 g/mol. The second kappa shape index (κ2) is 8.80. The van der Waals surface area contributed by atoms with Gasteiger partial charge in [0.05, 0.1) is 12.8 Å². The quantitative estimate of drug-likeness (QED) is 0.363. The highest BCUT2D eigenvalue weighted by Gasteiger charge is 2.34. The first kappa shape index (κ1) is 21.5. The van der Waals surface area contributed by atoms with Gasteiger partial charge >= 0.3 is 0 Å². The van der Waals surface area contributed by atoms with Crippen molar-refractivity contribution in [3.63, 3.8) is 0 Å². The van der Waals surface area contributed by atoms with Gasteiger partial charge in [0.2, 0.25) is 0 Å². The summed E-state index contributed by atoms with van der Waals surface area (Å²) in [5.41, 5.74) is 4.35. The first-order chi connectivity index (χ1) is 15.4. The summed E-state index contributed by atoms with van der Waals surface area (Å²) in [6.07, 6.45) is 2.49. The summed E-state index contributed by atoms with van der Waals surface area (Å²) in [4.78, 5) is 27.4. The van der Waals surface area contributed by atoms with Gasteiger partial charge in [-0.05, 0) is 85.7 Å². The van der Waals surface area contributed by atoms with E-state index in [4.69, 9.17) is 17.0 Å². The lowest BCUT2D eigenvalue weighted by molar-refractivity contribution is -0.122. The SMILES string of the molecule is CCc1ccc(N2C(=O)/C(=C/c3ccc(C)n3-c3ccc(OC)cc3)C(=O)NC2=S)cc1. The molecule has 0 atom stereocenters. The second-order valence-corrected chi connectivity index (χ2v) is 7.80. The minimum Gasteiger partial charge on any atom is -0.497 e. The van der Waals surface area contributed by atoms with Crippen molar-refractivity contribution < 1.29 is 14.3 Å². The molecular formula is C25H23N3O3S. The molecule has 32 heavy (non-hydrogen) atoms. The fourth-order valence-electron chi connectivity index (χ4n) is 3.68. The van der Waals surface area contributed by atoms with Crippen LogP contribution in [0.1, 0.15) is 23.9 Å². The molecule has 0 spiro atoms. The number of ether oxygens (including phenoxy) is 1. The number of thiocarbonyl (C=S) groups is 1. The van der Waals surface area contributed by atoms with Crippen LogP contribution in [0.25, 0.3) is 11.8 Å². The van der Waals surface area contributed by atoms with Crippen LogP contribution in [-0.4, -0.2) is 28.6 Å². The van der Waals surface area contributed by atoms with E-state index >= 15 is 0 Å². The van der Waals surface area contributed by atoms with Crippen molar-refractivity contribution in [2.75, 3.05) is 12.0 Å². The zero-order valence-electron chi connectivity index (χ0n) is 18.1. The molecule has 0 saturated carbocycles. The predicted octanol–water partition coefficient (Wildman–Crippen LogP) is 4.19. The van der Waals surface area contributed by atoms with E-state index in [1.54, 1.807) is 13.2 Å². The van der Waals surface area contributed by atoms with Gasteiger partial charge in [0, 0.05) is 17.1 Å². The van der Waals surface area contributed by atoms with Crippen molar-refractivity contribution in [1.82, 2.24) is 9.88 Å². The fraction of sp³-hybridized carbons (Fsp3) is 0.160. The number of carbonyl (C=O) groups is 2. The fourth-order valence-corrected chi connectivity index (χ4v) is 3.96. The molecule has 3 aromatic rings. The van der Waals surface area contributed by atoms with E-state index in [9.17, 15) is 9.59 Å². The molecule has 1 aliphatic heterocycles. The Bertz CT molecular complexity index is 1220. The van der Waals surface area contributed by atoms with E-state index in [1.165, 1.54) is 4.90 Å². The average Bonchev–Trinajstić information content (AvgIpc) is 3.17. The van der Waals surface area contributed by atoms with E-state index in [-0.39, 0.29) is 10.7 Å². The lowest BCUT2D eigenvalue weighted by atomic mass is 10.1. The molecule has 2 amide bonds. The number of benzene rings is 2. The molecule has 1 saturated heterocycles. The summed E-state index contributed by atoms with van der Waals surface area (Å²) in [7, 11) is 1.62. The van der Waals surface area contributed by atoms with Crippen LogP contribution in [0, 0.1) is 6.92 Å². The van der Waals surface area contributed by atoms with Crippen molar-refractivity contribution in [2.24, 2.45) is 0 Å². The minimum absolute atomic E-state index is 0.0195. The number of methoxy groups -OCH3 is 1. The number of aryl methyl sites for hydroxylation is 2. The van der Waals surface area contributed by atoms with E-state index < -0.39 is 11.8 Å². The molecule has 1 aromatic heterocycles. The van der Waals surface area contributed by atoms with Crippen LogP contribution in [0.2, 0.25) is 0 Å². The number of anilines is 1. The van der Waals surface area contributed by atoms with Crippen LogP contribution in [0.3, 0.4) is 0 Å². The maximum Gasteiger partial charge on any atom is 0.270 e. The first-order valence-corrected chi connectivity index (χ1v) is 10.7. The van der Waals surface area contributed by atoms with Crippen molar-refractivity contribution >= 4 is 40.9 Å². The van der Waals surface area contributed by atoms with Crippen LogP contribution in [0.15, 0.2) is 66.2 Å². The standard InChI is InChI=1S/C25H23N3O3S/c1-4-17-6-9-19(10-7-17)28-24(30)22(23(29)26-25(28)32)15-20-8-5-16(2)27(20)18-11-13-21(31-3)14-12-18/h5-15H,4H2,1-3H3,(H,26,29,32)/b22-15+. The van der Waals surface area contributed by atoms with Gasteiger partial charge in [0.1, 0.15) is 11.3 Å². The Hall–Kier alpha value is -3.71. The summed E-state index contributed by atoms with van der Waals surface area (Å²) in [5.74, 6) is -0.219. The lowest BCUT2D eigenvalue weighted by Crippen LogP contribution is -2.54. The number of amides is 2. The first-order valence-electron chi connectivity index (χ1n) is 10.3.